The molecule has 0 radical (unpaired) electrons. The molecule has 0 aliphatic carbocycles. The van der Waals surface area contributed by atoms with Crippen molar-refractivity contribution < 1.29 is 0 Å². The van der Waals surface area contributed by atoms with E-state index in [4.69, 9.17) is 11.6 Å². The van der Waals surface area contributed by atoms with Crippen LogP contribution in [0.5, 0.6) is 0 Å². The summed E-state index contributed by atoms with van der Waals surface area (Å²) in [5.74, 6) is 0. The molecule has 0 saturated carbocycles. The normalized spacial score (nSPS) is 13.6. The van der Waals surface area contributed by atoms with Crippen molar-refractivity contribution in [2.24, 2.45) is 10.8 Å². The number of unbranched alkanes of at least 4 members (excludes halogenated alkanes) is 3. The Morgan fingerprint density at radius 2 is 0.913 bits per heavy atom. The molecule has 0 unspecified atom stereocenters. The lowest BCUT2D eigenvalue weighted by atomic mass is 9.69. The molecule has 23 heavy (non-hydrogen) atoms. The van der Waals surface area contributed by atoms with Gasteiger partial charge in [-0.15, -0.1) is 11.6 Å². The maximum absolute atomic E-state index is 6.63. The van der Waals surface area contributed by atoms with E-state index in [0.29, 0.717) is 5.41 Å². The van der Waals surface area contributed by atoms with Gasteiger partial charge in [0.15, 0.2) is 0 Å². The molecule has 0 fully saturated rings. The number of hydrogen-bond acceptors (Lipinski definition) is 0. The Labute approximate surface area is 153 Å². The van der Waals surface area contributed by atoms with Crippen molar-refractivity contribution in [3.8, 4) is 0 Å². The fraction of sp³-hybridized carbons (Fsp3) is 1.00. The van der Waals surface area contributed by atoms with Crippen molar-refractivity contribution in [1.82, 2.24) is 0 Å². The van der Waals surface area contributed by atoms with Gasteiger partial charge in [-0.3, -0.25) is 0 Å². The highest BCUT2D eigenvalue weighted by Crippen LogP contribution is 2.45. The zero-order valence-electron chi connectivity index (χ0n) is 17.4. The Bertz CT molecular complexity index is 263. The maximum Gasteiger partial charge on any atom is 0.0441 e. The van der Waals surface area contributed by atoms with E-state index in [-0.39, 0.29) is 10.3 Å². The van der Waals surface area contributed by atoms with Crippen molar-refractivity contribution in [2.75, 3.05) is 0 Å². The maximum atomic E-state index is 6.63. The lowest BCUT2D eigenvalue weighted by Crippen LogP contribution is -2.34. The summed E-state index contributed by atoms with van der Waals surface area (Å²) in [5.41, 5.74) is 0.815. The van der Waals surface area contributed by atoms with Crippen LogP contribution in [0.4, 0.5) is 0 Å². The average Bonchev–Trinajstić information content (AvgIpc) is 2.47. The van der Waals surface area contributed by atoms with Gasteiger partial charge in [0.05, 0.1) is 0 Å². The second-order valence-corrected chi connectivity index (χ2v) is 9.97. The van der Waals surface area contributed by atoms with E-state index in [1.54, 1.807) is 0 Å². The molecule has 0 aromatic rings. The second kappa shape index (κ2) is 11.0. The first-order valence-corrected chi connectivity index (χ1v) is 10.7. The van der Waals surface area contributed by atoms with E-state index in [9.17, 15) is 0 Å². The molecule has 0 atom stereocenters. The molecule has 0 bridgehead atoms. The molecule has 0 aliphatic rings. The zero-order valence-corrected chi connectivity index (χ0v) is 18.1. The molecular weight excluding hydrogens is 300 g/mol. The Kier molecular flexibility index (Phi) is 11.2. The van der Waals surface area contributed by atoms with Gasteiger partial charge >= 0.3 is 0 Å². The van der Waals surface area contributed by atoms with Crippen LogP contribution >= 0.6 is 11.6 Å². The predicted molar refractivity (Wildman–Crippen MR) is 109 cm³/mol. The highest BCUT2D eigenvalue weighted by molar-refractivity contribution is 6.23. The quantitative estimate of drug-likeness (QED) is 0.276. The van der Waals surface area contributed by atoms with Gasteiger partial charge in [0.1, 0.15) is 0 Å². The van der Waals surface area contributed by atoms with Crippen molar-refractivity contribution >= 4 is 11.6 Å². The molecule has 0 nitrogen and oxygen atoms in total. The Morgan fingerprint density at radius 1 is 0.565 bits per heavy atom. The SMILES string of the molecule is CCCCC(CCCC)(CCCC)CCCC(C)(C)C(C)(C)Cl. The molecule has 0 heterocycles. The third-order valence-corrected chi connectivity index (χ3v) is 6.81. The van der Waals surface area contributed by atoms with Gasteiger partial charge in [-0.1, -0.05) is 79.6 Å². The van der Waals surface area contributed by atoms with Crippen molar-refractivity contribution in [2.45, 2.75) is 130 Å². The third kappa shape index (κ3) is 8.80. The van der Waals surface area contributed by atoms with Crippen LogP contribution in [0.1, 0.15) is 126 Å². The minimum atomic E-state index is -0.119. The highest BCUT2D eigenvalue weighted by atomic mass is 35.5. The summed E-state index contributed by atoms with van der Waals surface area (Å²) in [6.07, 6.45) is 16.5. The van der Waals surface area contributed by atoms with Gasteiger partial charge < -0.3 is 0 Å². The van der Waals surface area contributed by atoms with Crippen LogP contribution in [0.25, 0.3) is 0 Å². The van der Waals surface area contributed by atoms with Crippen LogP contribution in [-0.2, 0) is 0 Å². The fourth-order valence-electron chi connectivity index (χ4n) is 3.61. The lowest BCUT2D eigenvalue weighted by Gasteiger charge is -2.39. The lowest BCUT2D eigenvalue weighted by molar-refractivity contribution is 0.157. The van der Waals surface area contributed by atoms with Crippen LogP contribution in [-0.4, -0.2) is 4.87 Å². The molecule has 0 saturated heterocycles. The molecule has 0 aromatic carbocycles. The molecule has 0 N–H and O–H groups in total. The van der Waals surface area contributed by atoms with Gasteiger partial charge in [0.2, 0.25) is 0 Å². The third-order valence-electron chi connectivity index (χ3n) is 6.30. The van der Waals surface area contributed by atoms with Crippen molar-refractivity contribution in [1.29, 1.82) is 0 Å². The van der Waals surface area contributed by atoms with Crippen LogP contribution in [0.2, 0.25) is 0 Å². The summed E-state index contributed by atoms with van der Waals surface area (Å²) in [6, 6.07) is 0. The summed E-state index contributed by atoms with van der Waals surface area (Å²) < 4.78 is 0. The average molecular weight is 345 g/mol. The van der Waals surface area contributed by atoms with E-state index in [0.717, 1.165) is 0 Å². The molecule has 0 aromatic heterocycles. The van der Waals surface area contributed by atoms with Crippen LogP contribution in [0.15, 0.2) is 0 Å². The summed E-state index contributed by atoms with van der Waals surface area (Å²) in [5, 5.41) is 0. The van der Waals surface area contributed by atoms with E-state index in [2.05, 4.69) is 48.5 Å². The van der Waals surface area contributed by atoms with E-state index < -0.39 is 0 Å². The van der Waals surface area contributed by atoms with Gasteiger partial charge in [0, 0.05) is 4.87 Å². The number of rotatable bonds is 14. The number of halogens is 1. The Morgan fingerprint density at radius 3 is 1.22 bits per heavy atom. The minimum Gasteiger partial charge on any atom is -0.119 e. The minimum absolute atomic E-state index is 0.119. The molecule has 0 spiro atoms. The number of hydrogen-bond donors (Lipinski definition) is 0. The van der Waals surface area contributed by atoms with Gasteiger partial charge in [-0.25, -0.2) is 0 Å². The molecule has 0 aliphatic heterocycles. The smallest absolute Gasteiger partial charge is 0.0441 e. The molecule has 1 heteroatoms. The topological polar surface area (TPSA) is 0 Å². The van der Waals surface area contributed by atoms with E-state index >= 15 is 0 Å². The first kappa shape index (κ1) is 23.3. The summed E-state index contributed by atoms with van der Waals surface area (Å²) in [6.45, 7) is 16.0. The Balaban J connectivity index is 4.82. The molecular formula is C22H45Cl. The summed E-state index contributed by atoms with van der Waals surface area (Å²) in [7, 11) is 0. The van der Waals surface area contributed by atoms with Crippen LogP contribution < -0.4 is 0 Å². The van der Waals surface area contributed by atoms with Crippen LogP contribution in [0, 0.1) is 10.8 Å². The molecule has 0 rings (SSSR count). The number of alkyl halides is 1. The second-order valence-electron chi connectivity index (χ2n) is 9.02. The standard InChI is InChI=1S/C22H45Cl/c1-8-11-16-22(17-12-9-2,18-13-10-3)19-14-15-20(4,5)21(6,7)23/h8-19H2,1-7H3. The fourth-order valence-corrected chi connectivity index (χ4v) is 3.70. The Hall–Kier alpha value is 0.290. The predicted octanol–water partition coefficient (Wildman–Crippen LogP) is 8.76. The van der Waals surface area contributed by atoms with E-state index in [1.165, 1.54) is 77.0 Å². The highest BCUT2D eigenvalue weighted by Gasteiger charge is 2.36. The summed E-state index contributed by atoms with van der Waals surface area (Å²) >= 11 is 6.63. The van der Waals surface area contributed by atoms with E-state index in [1.807, 2.05) is 0 Å². The molecule has 0 amide bonds. The van der Waals surface area contributed by atoms with Crippen molar-refractivity contribution in [3.63, 3.8) is 0 Å². The monoisotopic (exact) mass is 344 g/mol. The largest absolute Gasteiger partial charge is 0.119 e. The van der Waals surface area contributed by atoms with Gasteiger partial charge in [-0.05, 0) is 56.8 Å². The zero-order chi connectivity index (χ0) is 18.0. The first-order chi connectivity index (χ1) is 10.6. The van der Waals surface area contributed by atoms with Crippen molar-refractivity contribution in [3.05, 3.63) is 0 Å². The molecule has 140 valence electrons. The summed E-state index contributed by atoms with van der Waals surface area (Å²) in [4.78, 5) is -0.119. The van der Waals surface area contributed by atoms with Crippen LogP contribution in [0.3, 0.4) is 0 Å². The van der Waals surface area contributed by atoms with Gasteiger partial charge in [-0.2, -0.15) is 0 Å². The van der Waals surface area contributed by atoms with Gasteiger partial charge in [0.25, 0.3) is 0 Å². The first-order valence-electron chi connectivity index (χ1n) is 10.3.